The SMILES string of the molecule is COC(=O)C1CC(O[Si](c2ccccc2)(c2ccccc2)C(C)(C)C)CC(O[Si](c2ccccc2)(c2ccccc2)C(C)(C)C)C1. The van der Waals surface area contributed by atoms with Gasteiger partial charge in [0.15, 0.2) is 0 Å². The van der Waals surface area contributed by atoms with Crippen LogP contribution in [0.3, 0.4) is 0 Å². The van der Waals surface area contributed by atoms with Crippen LogP contribution in [0.2, 0.25) is 10.1 Å². The molecule has 0 aliphatic heterocycles. The van der Waals surface area contributed by atoms with E-state index in [4.69, 9.17) is 13.6 Å². The van der Waals surface area contributed by atoms with Crippen LogP contribution < -0.4 is 20.7 Å². The molecule has 0 aromatic heterocycles. The molecule has 0 heterocycles. The number of hydrogen-bond acceptors (Lipinski definition) is 4. The Bertz CT molecular complexity index is 1360. The topological polar surface area (TPSA) is 44.8 Å². The van der Waals surface area contributed by atoms with E-state index in [2.05, 4.69) is 163 Å². The minimum absolute atomic E-state index is 0.178. The Morgan fingerprint density at radius 1 is 0.522 bits per heavy atom. The minimum atomic E-state index is -2.86. The molecule has 4 nitrogen and oxygen atoms in total. The van der Waals surface area contributed by atoms with Crippen LogP contribution in [-0.4, -0.2) is 41.9 Å². The average Bonchev–Trinajstić information content (AvgIpc) is 3.06. The Kier molecular flexibility index (Phi) is 10.2. The molecule has 5 rings (SSSR count). The lowest BCUT2D eigenvalue weighted by molar-refractivity contribution is -0.149. The van der Waals surface area contributed by atoms with Crippen molar-refractivity contribution >= 4 is 43.4 Å². The Morgan fingerprint density at radius 3 is 1.04 bits per heavy atom. The fourth-order valence-electron chi connectivity index (χ4n) is 7.65. The van der Waals surface area contributed by atoms with E-state index >= 15 is 0 Å². The fourth-order valence-corrected chi connectivity index (χ4v) is 17.1. The maximum atomic E-state index is 13.4. The van der Waals surface area contributed by atoms with Crippen molar-refractivity contribution < 1.29 is 18.4 Å². The number of carbonyl (C=O) groups excluding carboxylic acids is 1. The van der Waals surface area contributed by atoms with E-state index in [1.807, 2.05) is 0 Å². The molecule has 2 unspecified atom stereocenters. The number of rotatable bonds is 9. The Labute approximate surface area is 278 Å². The summed E-state index contributed by atoms with van der Waals surface area (Å²) in [6, 6.07) is 43.0. The zero-order valence-electron chi connectivity index (χ0n) is 28.5. The van der Waals surface area contributed by atoms with E-state index in [0.717, 1.165) is 0 Å². The number of methoxy groups -OCH3 is 1. The molecular weight excluding hydrogens is 601 g/mol. The van der Waals surface area contributed by atoms with Gasteiger partial charge in [0, 0.05) is 12.2 Å². The molecule has 0 radical (unpaired) electrons. The highest BCUT2D eigenvalue weighted by molar-refractivity contribution is 7.00. The van der Waals surface area contributed by atoms with Gasteiger partial charge in [0.1, 0.15) is 0 Å². The van der Waals surface area contributed by atoms with Gasteiger partial charge >= 0.3 is 5.97 Å². The average molecular weight is 651 g/mol. The van der Waals surface area contributed by atoms with Crippen molar-refractivity contribution in [1.82, 2.24) is 0 Å². The first-order chi connectivity index (χ1) is 21.9. The molecule has 46 heavy (non-hydrogen) atoms. The summed E-state index contributed by atoms with van der Waals surface area (Å²) >= 11 is 0. The predicted molar refractivity (Wildman–Crippen MR) is 194 cm³/mol. The van der Waals surface area contributed by atoms with E-state index < -0.39 is 16.6 Å². The van der Waals surface area contributed by atoms with Crippen LogP contribution in [0.5, 0.6) is 0 Å². The van der Waals surface area contributed by atoms with Gasteiger partial charge in [0.2, 0.25) is 0 Å². The van der Waals surface area contributed by atoms with Crippen molar-refractivity contribution in [2.75, 3.05) is 7.11 Å². The highest BCUT2D eigenvalue weighted by atomic mass is 28.4. The van der Waals surface area contributed by atoms with Gasteiger partial charge in [-0.15, -0.1) is 0 Å². The molecule has 1 aliphatic rings. The molecule has 1 fully saturated rings. The number of ether oxygens (including phenoxy) is 1. The van der Waals surface area contributed by atoms with Gasteiger partial charge in [-0.2, -0.15) is 0 Å². The largest absolute Gasteiger partial charge is 0.469 e. The third kappa shape index (κ3) is 6.59. The zero-order valence-corrected chi connectivity index (χ0v) is 30.5. The molecule has 0 N–H and O–H groups in total. The van der Waals surface area contributed by atoms with Gasteiger partial charge in [-0.3, -0.25) is 4.79 Å². The summed E-state index contributed by atoms with van der Waals surface area (Å²) < 4.78 is 20.7. The second kappa shape index (κ2) is 13.8. The van der Waals surface area contributed by atoms with Gasteiger partial charge in [-0.1, -0.05) is 163 Å². The van der Waals surface area contributed by atoms with Crippen LogP contribution in [0.4, 0.5) is 0 Å². The molecule has 0 spiro atoms. The quantitative estimate of drug-likeness (QED) is 0.147. The second-order valence-corrected chi connectivity index (χ2v) is 23.2. The van der Waals surface area contributed by atoms with Crippen LogP contribution in [0.25, 0.3) is 0 Å². The summed E-state index contributed by atoms with van der Waals surface area (Å²) in [4.78, 5) is 13.4. The van der Waals surface area contributed by atoms with Crippen LogP contribution in [-0.2, 0) is 18.4 Å². The van der Waals surface area contributed by atoms with Crippen LogP contribution in [0, 0.1) is 5.92 Å². The first kappa shape index (κ1) is 34.0. The standard InChI is InChI=1S/C40H50O4Si2/c1-39(2,3)45(34-20-12-8-13-21-34,35-22-14-9-15-23-35)43-32-28-31(38(41)42-7)29-33(30-32)44-46(40(4,5)6,36-24-16-10-17-25-36)37-26-18-11-19-27-37/h8-27,31-33H,28-30H2,1-7H3. The first-order valence-electron chi connectivity index (χ1n) is 16.6. The zero-order chi connectivity index (χ0) is 33.0. The third-order valence-corrected chi connectivity index (χ3v) is 19.9. The summed E-state index contributed by atoms with van der Waals surface area (Å²) in [5, 5.41) is 4.58. The van der Waals surface area contributed by atoms with Crippen molar-refractivity contribution in [2.24, 2.45) is 5.92 Å². The molecule has 2 atom stereocenters. The van der Waals surface area contributed by atoms with E-state index in [1.54, 1.807) is 0 Å². The summed E-state index contributed by atoms with van der Waals surface area (Å²) in [5.41, 5.74) is 0. The van der Waals surface area contributed by atoms with Crippen LogP contribution in [0.1, 0.15) is 60.8 Å². The maximum absolute atomic E-state index is 13.4. The van der Waals surface area contributed by atoms with Crippen LogP contribution >= 0.6 is 0 Å². The lowest BCUT2D eigenvalue weighted by Gasteiger charge is -2.49. The molecule has 1 saturated carbocycles. The number of hydrogen-bond donors (Lipinski definition) is 0. The lowest BCUT2D eigenvalue weighted by atomic mass is 9.85. The monoisotopic (exact) mass is 650 g/mol. The molecule has 0 amide bonds. The highest BCUT2D eigenvalue weighted by Gasteiger charge is 2.55. The summed E-state index contributed by atoms with van der Waals surface area (Å²) in [5.74, 6) is -0.503. The van der Waals surface area contributed by atoms with Crippen molar-refractivity contribution in [1.29, 1.82) is 0 Å². The van der Waals surface area contributed by atoms with Crippen molar-refractivity contribution in [3.05, 3.63) is 121 Å². The predicted octanol–water partition coefficient (Wildman–Crippen LogP) is 6.85. The minimum Gasteiger partial charge on any atom is -0.469 e. The Morgan fingerprint density at radius 2 is 0.804 bits per heavy atom. The molecule has 0 bridgehead atoms. The molecule has 4 aromatic carbocycles. The first-order valence-corrected chi connectivity index (χ1v) is 20.4. The van der Waals surface area contributed by atoms with E-state index in [-0.39, 0.29) is 34.2 Å². The summed E-state index contributed by atoms with van der Waals surface area (Å²) in [6.45, 7) is 13.8. The summed E-state index contributed by atoms with van der Waals surface area (Å²) in [7, 11) is -4.23. The molecule has 242 valence electrons. The van der Waals surface area contributed by atoms with Gasteiger partial charge in [0.05, 0.1) is 13.0 Å². The number of carbonyl (C=O) groups is 1. The molecule has 1 aliphatic carbocycles. The van der Waals surface area contributed by atoms with Gasteiger partial charge in [-0.05, 0) is 50.1 Å². The molecule has 6 heteroatoms. The highest BCUT2D eigenvalue weighted by Crippen LogP contribution is 2.43. The van der Waals surface area contributed by atoms with Gasteiger partial charge < -0.3 is 13.6 Å². The lowest BCUT2D eigenvalue weighted by Crippen LogP contribution is -2.69. The Balaban J connectivity index is 1.62. The fraction of sp³-hybridized carbons (Fsp3) is 0.375. The van der Waals surface area contributed by atoms with Gasteiger partial charge in [-0.25, -0.2) is 0 Å². The third-order valence-electron chi connectivity index (χ3n) is 9.68. The van der Waals surface area contributed by atoms with E-state index in [0.29, 0.717) is 19.3 Å². The number of esters is 1. The molecule has 0 saturated heterocycles. The smallest absolute Gasteiger partial charge is 0.308 e. The van der Waals surface area contributed by atoms with Crippen molar-refractivity contribution in [3.8, 4) is 0 Å². The van der Waals surface area contributed by atoms with Crippen molar-refractivity contribution in [2.45, 2.75) is 83.1 Å². The second-order valence-electron chi connectivity index (χ2n) is 14.7. The summed E-state index contributed by atoms with van der Waals surface area (Å²) in [6.07, 6.45) is 1.55. The molecule has 4 aromatic rings. The van der Waals surface area contributed by atoms with Crippen LogP contribution in [0.15, 0.2) is 121 Å². The number of benzene rings is 4. The van der Waals surface area contributed by atoms with E-state index in [1.165, 1.54) is 27.9 Å². The Hall–Kier alpha value is -3.30. The van der Waals surface area contributed by atoms with E-state index in [9.17, 15) is 4.79 Å². The molecular formula is C40H50O4Si2. The van der Waals surface area contributed by atoms with Crippen molar-refractivity contribution in [3.63, 3.8) is 0 Å². The maximum Gasteiger partial charge on any atom is 0.308 e. The van der Waals surface area contributed by atoms with Gasteiger partial charge in [0.25, 0.3) is 16.6 Å². The normalized spacial score (nSPS) is 19.4.